The van der Waals surface area contributed by atoms with Crippen LogP contribution in [-0.2, 0) is 21.1 Å². The first-order valence-corrected chi connectivity index (χ1v) is 9.79. The van der Waals surface area contributed by atoms with Gasteiger partial charge < -0.3 is 4.42 Å². The Hall–Kier alpha value is -3.00. The number of nitrogens with zero attached hydrogens (tertiary/aromatic N) is 2. The molecule has 3 aromatic rings. The van der Waals surface area contributed by atoms with Crippen LogP contribution in [0.3, 0.4) is 0 Å². The normalized spacial score (nSPS) is 11.3. The van der Waals surface area contributed by atoms with Crippen LogP contribution in [0.2, 0.25) is 0 Å². The molecule has 1 aromatic heterocycles. The van der Waals surface area contributed by atoms with Crippen LogP contribution in [0.4, 0.5) is 6.01 Å². The number of nitrogens with one attached hydrogen (secondary N) is 1. The fourth-order valence-electron chi connectivity index (χ4n) is 2.32. The van der Waals surface area contributed by atoms with Crippen LogP contribution >= 0.6 is 0 Å². The molecule has 0 unspecified atom stereocenters. The van der Waals surface area contributed by atoms with Gasteiger partial charge in [-0.15, -0.1) is 5.10 Å². The van der Waals surface area contributed by atoms with Gasteiger partial charge in [-0.2, -0.15) is 0 Å². The van der Waals surface area contributed by atoms with Crippen LogP contribution in [0.1, 0.15) is 12.0 Å². The molecular formula is C18H17N3O4S. The number of aromatic nitrogens is 2. The van der Waals surface area contributed by atoms with Crippen molar-refractivity contribution < 1.29 is 17.6 Å². The number of hydrogen-bond acceptors (Lipinski definition) is 6. The molecule has 0 fully saturated rings. The van der Waals surface area contributed by atoms with E-state index in [1.165, 1.54) is 12.1 Å². The zero-order valence-electron chi connectivity index (χ0n) is 14.0. The largest absolute Gasteiger partial charge is 0.403 e. The first-order valence-electron chi connectivity index (χ1n) is 7.89. The molecule has 0 aliphatic heterocycles. The van der Waals surface area contributed by atoms with Gasteiger partial charge in [0.15, 0.2) is 9.84 Å². The Morgan fingerprint density at radius 1 is 1.04 bits per heavy atom. The van der Waals surface area contributed by atoms with Crippen LogP contribution < -0.4 is 5.32 Å². The lowest BCUT2D eigenvalue weighted by Gasteiger charge is -2.01. The van der Waals surface area contributed by atoms with E-state index in [4.69, 9.17) is 4.42 Å². The molecular weight excluding hydrogens is 354 g/mol. The Kier molecular flexibility index (Phi) is 5.13. The Labute approximate surface area is 151 Å². The van der Waals surface area contributed by atoms with E-state index in [9.17, 15) is 13.2 Å². The van der Waals surface area contributed by atoms with Crippen LogP contribution in [0.25, 0.3) is 11.5 Å². The molecule has 26 heavy (non-hydrogen) atoms. The van der Waals surface area contributed by atoms with Crippen molar-refractivity contribution in [2.45, 2.75) is 17.7 Å². The third-order valence-electron chi connectivity index (χ3n) is 3.68. The summed E-state index contributed by atoms with van der Waals surface area (Å²) in [4.78, 5) is 12.2. The molecule has 0 saturated carbocycles. The minimum absolute atomic E-state index is 0.00486. The number of hydrogen-bond donors (Lipinski definition) is 1. The highest BCUT2D eigenvalue weighted by Crippen LogP contribution is 2.21. The van der Waals surface area contributed by atoms with Gasteiger partial charge in [-0.25, -0.2) is 8.42 Å². The van der Waals surface area contributed by atoms with Crippen molar-refractivity contribution in [2.24, 2.45) is 0 Å². The molecule has 0 aliphatic carbocycles. The van der Waals surface area contributed by atoms with Crippen molar-refractivity contribution >= 4 is 21.8 Å². The first kappa shape index (κ1) is 17.8. The molecule has 3 rings (SSSR count). The summed E-state index contributed by atoms with van der Waals surface area (Å²) in [7, 11) is -3.27. The van der Waals surface area contributed by atoms with Crippen LogP contribution in [0.5, 0.6) is 0 Å². The maximum Gasteiger partial charge on any atom is 0.322 e. The molecule has 0 bridgehead atoms. The summed E-state index contributed by atoms with van der Waals surface area (Å²) in [5, 5.41) is 10.2. The standard InChI is InChI=1S/C18H17N3O4S/c1-26(23,24)15-10-8-14(9-11-15)17-20-21-18(25-17)19-16(22)12-7-13-5-3-2-4-6-13/h2-6,8-11H,7,12H2,1H3,(H,19,21,22). The quantitative estimate of drug-likeness (QED) is 0.715. The van der Waals surface area contributed by atoms with Crippen LogP contribution in [0.15, 0.2) is 63.9 Å². The predicted octanol–water partition coefficient (Wildman–Crippen LogP) is 2.71. The van der Waals surface area contributed by atoms with Gasteiger partial charge in [0, 0.05) is 18.2 Å². The summed E-state index contributed by atoms with van der Waals surface area (Å²) in [5.41, 5.74) is 1.63. The van der Waals surface area contributed by atoms with Gasteiger partial charge in [0.2, 0.25) is 11.8 Å². The second kappa shape index (κ2) is 7.49. The molecule has 0 radical (unpaired) electrons. The Balaban J connectivity index is 1.61. The topological polar surface area (TPSA) is 102 Å². The second-order valence-electron chi connectivity index (χ2n) is 5.74. The van der Waals surface area contributed by atoms with Crippen molar-refractivity contribution in [3.63, 3.8) is 0 Å². The summed E-state index contributed by atoms with van der Waals surface area (Å²) < 4.78 is 28.4. The highest BCUT2D eigenvalue weighted by atomic mass is 32.2. The van der Waals surface area contributed by atoms with Gasteiger partial charge in [-0.1, -0.05) is 35.4 Å². The Morgan fingerprint density at radius 2 is 1.73 bits per heavy atom. The maximum atomic E-state index is 12.0. The summed E-state index contributed by atoms with van der Waals surface area (Å²) in [6.07, 6.45) is 2.04. The number of anilines is 1. The molecule has 8 heteroatoms. The minimum atomic E-state index is -3.27. The summed E-state index contributed by atoms with van der Waals surface area (Å²) in [6.45, 7) is 0. The van der Waals surface area contributed by atoms with Gasteiger partial charge in [0.05, 0.1) is 4.90 Å². The number of benzene rings is 2. The second-order valence-corrected chi connectivity index (χ2v) is 7.76. The molecule has 0 aliphatic rings. The average molecular weight is 371 g/mol. The monoisotopic (exact) mass is 371 g/mol. The van der Waals surface area contributed by atoms with E-state index in [1.807, 2.05) is 30.3 Å². The molecule has 1 amide bonds. The lowest BCUT2D eigenvalue weighted by molar-refractivity contribution is -0.116. The highest BCUT2D eigenvalue weighted by Gasteiger charge is 2.13. The maximum absolute atomic E-state index is 12.0. The Bertz CT molecular complexity index is 996. The molecule has 0 saturated heterocycles. The number of amides is 1. The van der Waals surface area contributed by atoms with Crippen LogP contribution in [0, 0.1) is 0 Å². The van der Waals surface area contributed by atoms with E-state index in [-0.39, 0.29) is 22.7 Å². The molecule has 1 N–H and O–H groups in total. The van der Waals surface area contributed by atoms with Gasteiger partial charge in [0.1, 0.15) is 0 Å². The zero-order valence-corrected chi connectivity index (χ0v) is 14.9. The minimum Gasteiger partial charge on any atom is -0.403 e. The van der Waals surface area contributed by atoms with Crippen molar-refractivity contribution in [3.8, 4) is 11.5 Å². The van der Waals surface area contributed by atoms with E-state index in [1.54, 1.807) is 12.1 Å². The third kappa shape index (κ3) is 4.54. The smallest absolute Gasteiger partial charge is 0.322 e. The molecule has 1 heterocycles. The van der Waals surface area contributed by atoms with Gasteiger partial charge in [0.25, 0.3) is 0 Å². The van der Waals surface area contributed by atoms with E-state index in [0.717, 1.165) is 11.8 Å². The van der Waals surface area contributed by atoms with Crippen molar-refractivity contribution in [1.29, 1.82) is 0 Å². The average Bonchev–Trinajstić information content (AvgIpc) is 3.09. The lowest BCUT2D eigenvalue weighted by atomic mass is 10.1. The predicted molar refractivity (Wildman–Crippen MR) is 96.2 cm³/mol. The van der Waals surface area contributed by atoms with E-state index >= 15 is 0 Å². The SMILES string of the molecule is CS(=O)(=O)c1ccc(-c2nnc(NC(=O)CCc3ccccc3)o2)cc1. The number of aryl methyl sites for hydroxylation is 1. The number of carbonyl (C=O) groups is 1. The van der Waals surface area contributed by atoms with Gasteiger partial charge in [-0.3, -0.25) is 10.1 Å². The molecule has 2 aromatic carbocycles. The first-order chi connectivity index (χ1) is 12.4. The summed E-state index contributed by atoms with van der Waals surface area (Å²) in [5.74, 6) is -0.0279. The molecule has 7 nitrogen and oxygen atoms in total. The number of rotatable bonds is 6. The van der Waals surface area contributed by atoms with Gasteiger partial charge in [-0.05, 0) is 36.2 Å². The molecule has 0 spiro atoms. The number of carbonyl (C=O) groups excluding carboxylic acids is 1. The summed E-state index contributed by atoms with van der Waals surface area (Å²) in [6, 6.07) is 15.8. The van der Waals surface area contributed by atoms with E-state index in [2.05, 4.69) is 15.5 Å². The van der Waals surface area contributed by atoms with Crippen LogP contribution in [-0.4, -0.2) is 30.8 Å². The van der Waals surface area contributed by atoms with E-state index < -0.39 is 9.84 Å². The van der Waals surface area contributed by atoms with Gasteiger partial charge >= 0.3 is 6.01 Å². The molecule has 134 valence electrons. The highest BCUT2D eigenvalue weighted by molar-refractivity contribution is 7.90. The fraction of sp³-hybridized carbons (Fsp3) is 0.167. The van der Waals surface area contributed by atoms with E-state index in [0.29, 0.717) is 18.4 Å². The number of sulfone groups is 1. The lowest BCUT2D eigenvalue weighted by Crippen LogP contribution is -2.12. The summed E-state index contributed by atoms with van der Waals surface area (Å²) >= 11 is 0. The van der Waals surface area contributed by atoms with Crippen molar-refractivity contribution in [3.05, 3.63) is 60.2 Å². The zero-order chi connectivity index (χ0) is 18.6. The Morgan fingerprint density at radius 3 is 2.38 bits per heavy atom. The van der Waals surface area contributed by atoms with Crippen molar-refractivity contribution in [2.75, 3.05) is 11.6 Å². The van der Waals surface area contributed by atoms with Crippen molar-refractivity contribution in [1.82, 2.24) is 10.2 Å². The molecule has 0 atom stereocenters. The fourth-order valence-corrected chi connectivity index (χ4v) is 2.95. The third-order valence-corrected chi connectivity index (χ3v) is 4.81.